The highest BCUT2D eigenvalue weighted by Crippen LogP contribution is 2.24. The number of halogens is 2. The number of carbonyl (C=O) groups is 1. The summed E-state index contributed by atoms with van der Waals surface area (Å²) in [7, 11) is 0. The minimum atomic E-state index is 0.0844. The zero-order valence-corrected chi connectivity index (χ0v) is 16.1. The first-order valence-corrected chi connectivity index (χ1v) is 9.34. The molecule has 2 aromatic rings. The second-order valence-corrected chi connectivity index (χ2v) is 8.23. The highest BCUT2D eigenvalue weighted by Gasteiger charge is 2.19. The van der Waals surface area contributed by atoms with Crippen LogP contribution in [-0.4, -0.2) is 21.9 Å². The third-order valence-electron chi connectivity index (χ3n) is 3.19. The van der Waals surface area contributed by atoms with Gasteiger partial charge in [0.2, 0.25) is 0 Å². The van der Waals surface area contributed by atoms with Crippen LogP contribution in [0.3, 0.4) is 0 Å². The molecule has 3 nitrogen and oxygen atoms in total. The summed E-state index contributed by atoms with van der Waals surface area (Å²) in [5, 5.41) is 0. The van der Waals surface area contributed by atoms with Crippen LogP contribution < -0.4 is 0 Å². The van der Waals surface area contributed by atoms with E-state index in [1.807, 2.05) is 34.7 Å². The molecule has 2 aromatic heterocycles. The van der Waals surface area contributed by atoms with Gasteiger partial charge in [-0.1, -0.05) is 6.92 Å². The summed E-state index contributed by atoms with van der Waals surface area (Å²) in [6.45, 7) is 6.34. The van der Waals surface area contributed by atoms with E-state index in [9.17, 15) is 4.79 Å². The second kappa shape index (κ2) is 7.61. The van der Waals surface area contributed by atoms with Gasteiger partial charge in [-0.25, -0.2) is 0 Å². The minimum absolute atomic E-state index is 0.0844. The van der Waals surface area contributed by atoms with Crippen LogP contribution >= 0.6 is 43.2 Å². The van der Waals surface area contributed by atoms with Crippen molar-refractivity contribution in [3.63, 3.8) is 0 Å². The van der Waals surface area contributed by atoms with Crippen molar-refractivity contribution in [3.8, 4) is 0 Å². The van der Waals surface area contributed by atoms with Crippen LogP contribution in [0, 0.1) is 0 Å². The number of thiophene rings is 1. The van der Waals surface area contributed by atoms with E-state index >= 15 is 0 Å². The number of amides is 1. The number of hydrogen-bond donors (Lipinski definition) is 0. The summed E-state index contributed by atoms with van der Waals surface area (Å²) in [5.41, 5.74) is 0.751. The highest BCUT2D eigenvalue weighted by molar-refractivity contribution is 9.11. The molecule has 0 radical (unpaired) electrons. The van der Waals surface area contributed by atoms with Gasteiger partial charge < -0.3 is 9.47 Å². The van der Waals surface area contributed by atoms with Gasteiger partial charge in [-0.3, -0.25) is 4.79 Å². The van der Waals surface area contributed by atoms with Crippen LogP contribution in [0.4, 0.5) is 0 Å². The van der Waals surface area contributed by atoms with Crippen molar-refractivity contribution in [1.29, 1.82) is 0 Å². The Morgan fingerprint density at radius 2 is 2.10 bits per heavy atom. The third kappa shape index (κ3) is 4.20. The lowest BCUT2D eigenvalue weighted by Gasteiger charge is -2.21. The smallest absolute Gasteiger partial charge is 0.270 e. The summed E-state index contributed by atoms with van der Waals surface area (Å²) in [6.07, 6.45) is 2.98. The topological polar surface area (TPSA) is 25.2 Å². The van der Waals surface area contributed by atoms with Gasteiger partial charge in [-0.05, 0) is 63.4 Å². The van der Waals surface area contributed by atoms with Gasteiger partial charge in [0, 0.05) is 28.6 Å². The standard InChI is InChI=1S/C15H18Br2N2OS/c1-3-7-19-9-11(16)8-13(19)15(20)18(4-2)10-12-5-6-14(17)21-12/h5-6,8-9H,3-4,7,10H2,1-2H3. The molecule has 0 unspecified atom stereocenters. The summed E-state index contributed by atoms with van der Waals surface area (Å²) in [5.74, 6) is 0.0844. The molecule has 0 aliphatic rings. The Hall–Kier alpha value is -0.590. The molecular formula is C15H18Br2N2OS. The molecular weight excluding hydrogens is 416 g/mol. The lowest BCUT2D eigenvalue weighted by atomic mass is 10.3. The number of rotatable bonds is 6. The summed E-state index contributed by atoms with van der Waals surface area (Å²) < 4.78 is 4.08. The summed E-state index contributed by atoms with van der Waals surface area (Å²) >= 11 is 8.60. The summed E-state index contributed by atoms with van der Waals surface area (Å²) in [6, 6.07) is 5.99. The Bertz CT molecular complexity index is 621. The quantitative estimate of drug-likeness (QED) is 0.618. The average molecular weight is 434 g/mol. The Morgan fingerprint density at radius 3 is 2.67 bits per heavy atom. The molecule has 0 aliphatic carbocycles. The lowest BCUT2D eigenvalue weighted by molar-refractivity contribution is 0.0743. The molecule has 0 fully saturated rings. The van der Waals surface area contributed by atoms with Crippen LogP contribution in [0.1, 0.15) is 35.6 Å². The van der Waals surface area contributed by atoms with Crippen molar-refractivity contribution in [1.82, 2.24) is 9.47 Å². The molecule has 0 atom stereocenters. The number of aryl methyl sites for hydroxylation is 1. The first-order chi connectivity index (χ1) is 10.0. The van der Waals surface area contributed by atoms with Crippen LogP contribution in [0.25, 0.3) is 0 Å². The van der Waals surface area contributed by atoms with Crippen LogP contribution in [-0.2, 0) is 13.1 Å². The molecule has 2 heterocycles. The third-order valence-corrected chi connectivity index (χ3v) is 5.23. The normalized spacial score (nSPS) is 10.9. The molecule has 2 rings (SSSR count). The van der Waals surface area contributed by atoms with Gasteiger partial charge >= 0.3 is 0 Å². The van der Waals surface area contributed by atoms with E-state index in [0.29, 0.717) is 13.1 Å². The monoisotopic (exact) mass is 432 g/mol. The number of nitrogens with zero attached hydrogens (tertiary/aromatic N) is 2. The van der Waals surface area contributed by atoms with Crippen molar-refractivity contribution >= 4 is 49.1 Å². The average Bonchev–Trinajstić information content (AvgIpc) is 3.02. The van der Waals surface area contributed by atoms with Crippen LogP contribution in [0.2, 0.25) is 0 Å². The molecule has 0 spiro atoms. The SMILES string of the molecule is CCCn1cc(Br)cc1C(=O)N(CC)Cc1ccc(Br)s1. The summed E-state index contributed by atoms with van der Waals surface area (Å²) in [4.78, 5) is 15.8. The molecule has 0 saturated heterocycles. The van der Waals surface area contributed by atoms with E-state index < -0.39 is 0 Å². The molecule has 21 heavy (non-hydrogen) atoms. The Kier molecular flexibility index (Phi) is 6.08. The number of carbonyl (C=O) groups excluding carboxylic acids is 1. The van der Waals surface area contributed by atoms with Crippen molar-refractivity contribution < 1.29 is 4.79 Å². The second-order valence-electron chi connectivity index (χ2n) is 4.76. The fourth-order valence-electron chi connectivity index (χ4n) is 2.19. The van der Waals surface area contributed by atoms with E-state index in [1.165, 1.54) is 4.88 Å². The molecule has 0 N–H and O–H groups in total. The molecule has 0 bridgehead atoms. The molecule has 0 aromatic carbocycles. The zero-order valence-electron chi connectivity index (χ0n) is 12.1. The van der Waals surface area contributed by atoms with Gasteiger partial charge in [0.25, 0.3) is 5.91 Å². The van der Waals surface area contributed by atoms with E-state index in [0.717, 1.165) is 26.9 Å². The number of hydrogen-bond acceptors (Lipinski definition) is 2. The number of aromatic nitrogens is 1. The molecule has 0 saturated carbocycles. The zero-order chi connectivity index (χ0) is 15.4. The van der Waals surface area contributed by atoms with E-state index in [2.05, 4.69) is 44.8 Å². The maximum Gasteiger partial charge on any atom is 0.270 e. The highest BCUT2D eigenvalue weighted by atomic mass is 79.9. The predicted molar refractivity (Wildman–Crippen MR) is 94.9 cm³/mol. The maximum absolute atomic E-state index is 12.8. The minimum Gasteiger partial charge on any atom is -0.342 e. The maximum atomic E-state index is 12.8. The fraction of sp³-hybridized carbons (Fsp3) is 0.400. The first kappa shape index (κ1) is 16.8. The van der Waals surface area contributed by atoms with Crippen molar-refractivity contribution in [2.75, 3.05) is 6.54 Å². The van der Waals surface area contributed by atoms with Crippen LogP contribution in [0.15, 0.2) is 32.7 Å². The fourth-order valence-corrected chi connectivity index (χ4v) is 4.16. The van der Waals surface area contributed by atoms with Gasteiger partial charge in [0.05, 0.1) is 10.3 Å². The van der Waals surface area contributed by atoms with Crippen LogP contribution in [0.5, 0.6) is 0 Å². The molecule has 0 aliphatic heterocycles. The lowest BCUT2D eigenvalue weighted by Crippen LogP contribution is -2.31. The van der Waals surface area contributed by atoms with Gasteiger partial charge in [-0.15, -0.1) is 11.3 Å². The Labute approximate surface area is 146 Å². The van der Waals surface area contributed by atoms with E-state index in [-0.39, 0.29) is 5.91 Å². The van der Waals surface area contributed by atoms with Crippen molar-refractivity contribution in [3.05, 3.63) is 43.2 Å². The molecule has 114 valence electrons. The Morgan fingerprint density at radius 1 is 1.33 bits per heavy atom. The largest absolute Gasteiger partial charge is 0.342 e. The van der Waals surface area contributed by atoms with Gasteiger partial charge in [0.1, 0.15) is 5.69 Å². The molecule has 6 heteroatoms. The molecule has 1 amide bonds. The van der Waals surface area contributed by atoms with Gasteiger partial charge in [0.15, 0.2) is 0 Å². The van der Waals surface area contributed by atoms with Gasteiger partial charge in [-0.2, -0.15) is 0 Å². The first-order valence-electron chi connectivity index (χ1n) is 6.94. The Balaban J connectivity index is 2.19. The van der Waals surface area contributed by atoms with Crippen molar-refractivity contribution in [2.45, 2.75) is 33.4 Å². The van der Waals surface area contributed by atoms with E-state index in [1.54, 1.807) is 11.3 Å². The van der Waals surface area contributed by atoms with Crippen molar-refractivity contribution in [2.24, 2.45) is 0 Å². The predicted octanol–water partition coefficient (Wildman–Crippen LogP) is 5.15. The van der Waals surface area contributed by atoms with E-state index in [4.69, 9.17) is 0 Å².